The Morgan fingerprint density at radius 2 is 2.86 bits per heavy atom. The number of rotatable bonds is 0. The highest BCUT2D eigenvalue weighted by molar-refractivity contribution is 7.98. The van der Waals surface area contributed by atoms with Crippen LogP contribution in [0.5, 0.6) is 0 Å². The zero-order valence-electron chi connectivity index (χ0n) is 3.16. The van der Waals surface area contributed by atoms with Gasteiger partial charge in [0.05, 0.1) is 11.9 Å². The highest BCUT2D eigenvalue weighted by Crippen LogP contribution is 2.31. The molecule has 35 valence electrons. The lowest BCUT2D eigenvalue weighted by Crippen LogP contribution is -1.92. The summed E-state index contributed by atoms with van der Waals surface area (Å²) < 4.78 is 1.29. The molecule has 2 aliphatic rings. The zero-order valence-corrected chi connectivity index (χ0v) is 3.97. The Labute approximate surface area is 43.9 Å². The number of fused-ring (bicyclic) bond motifs is 2. The van der Waals surface area contributed by atoms with E-state index in [0.717, 1.165) is 0 Å². The van der Waals surface area contributed by atoms with Gasteiger partial charge in [-0.2, -0.15) is 0 Å². The Balaban J connectivity index is 2.45. The highest BCUT2D eigenvalue weighted by Gasteiger charge is 2.21. The van der Waals surface area contributed by atoms with Gasteiger partial charge in [0.15, 0.2) is 0 Å². The molecule has 2 bridgehead atoms. The van der Waals surface area contributed by atoms with Crippen molar-refractivity contribution in [3.8, 4) is 0 Å². The van der Waals surface area contributed by atoms with E-state index in [4.69, 9.17) is 4.84 Å². The van der Waals surface area contributed by atoms with Crippen molar-refractivity contribution in [2.75, 3.05) is 0 Å². The highest BCUT2D eigenvalue weighted by atomic mass is 32.2. The van der Waals surface area contributed by atoms with Crippen molar-refractivity contribution >= 4 is 11.9 Å². The summed E-state index contributed by atoms with van der Waals surface area (Å²) in [5, 5.41) is 9.75. The molecule has 0 atom stereocenters. The second-order valence-electron chi connectivity index (χ2n) is 1.02. The van der Waals surface area contributed by atoms with Crippen molar-refractivity contribution in [3.05, 3.63) is 11.3 Å². The average Bonchev–Trinajstić information content (AvgIpc) is 2.22. The van der Waals surface area contributed by atoms with Crippen molar-refractivity contribution in [3.63, 3.8) is 0 Å². The Hall–Kier alpha value is -0.710. The molecule has 0 aromatic heterocycles. The van der Waals surface area contributed by atoms with E-state index in [2.05, 4.69) is 15.7 Å². The van der Waals surface area contributed by atoms with Gasteiger partial charge in [-0.05, 0) is 9.80 Å². The molecule has 0 saturated heterocycles. The van der Waals surface area contributed by atoms with E-state index in [1.165, 1.54) is 16.5 Å². The first-order valence-corrected chi connectivity index (χ1v) is 2.42. The SMILES string of the molecule is [C]1=C2N=NN(O2)S1. The van der Waals surface area contributed by atoms with Gasteiger partial charge >= 0.3 is 0 Å². The standard InChI is InChI=1S/C2N3OS/c1-2-3-4-5(6-2)7-1. The van der Waals surface area contributed by atoms with Crippen LogP contribution in [0.4, 0.5) is 0 Å². The largest absolute Gasteiger partial charge is 0.326 e. The van der Waals surface area contributed by atoms with Gasteiger partial charge < -0.3 is 4.84 Å². The molecule has 0 aliphatic carbocycles. The van der Waals surface area contributed by atoms with Crippen LogP contribution >= 0.6 is 11.9 Å². The molecular weight excluding hydrogens is 114 g/mol. The third-order valence-corrected chi connectivity index (χ3v) is 1.15. The van der Waals surface area contributed by atoms with E-state index in [1.54, 1.807) is 0 Å². The van der Waals surface area contributed by atoms with Crippen molar-refractivity contribution in [2.24, 2.45) is 10.3 Å². The van der Waals surface area contributed by atoms with Crippen LogP contribution in [0.3, 0.4) is 0 Å². The van der Waals surface area contributed by atoms with Gasteiger partial charge in [-0.15, -0.1) is 0 Å². The second kappa shape index (κ2) is 0.919. The van der Waals surface area contributed by atoms with Gasteiger partial charge in [0, 0.05) is 0 Å². The van der Waals surface area contributed by atoms with Crippen LogP contribution in [0.15, 0.2) is 16.2 Å². The Morgan fingerprint density at radius 3 is 3.00 bits per heavy atom. The molecule has 0 aromatic carbocycles. The molecule has 1 radical (unpaired) electrons. The molecule has 0 aromatic rings. The topological polar surface area (TPSA) is 37.2 Å². The smallest absolute Gasteiger partial charge is 0.287 e. The first kappa shape index (κ1) is 3.31. The lowest BCUT2D eigenvalue weighted by Gasteiger charge is -1.95. The normalized spacial score (nSPS) is 22.9. The summed E-state index contributed by atoms with van der Waals surface area (Å²) in [6.07, 6.45) is 0. The minimum absolute atomic E-state index is 0.463. The fourth-order valence-corrected chi connectivity index (χ4v) is 0.757. The summed E-state index contributed by atoms with van der Waals surface area (Å²) in [6, 6.07) is 0. The fourth-order valence-electron chi connectivity index (χ4n) is 0.342. The van der Waals surface area contributed by atoms with Crippen LogP contribution in [-0.4, -0.2) is 4.58 Å². The van der Waals surface area contributed by atoms with Crippen molar-refractivity contribution in [2.45, 2.75) is 0 Å². The third kappa shape index (κ3) is 0.324. The molecule has 2 rings (SSSR count). The second-order valence-corrected chi connectivity index (χ2v) is 1.72. The predicted octanol–water partition coefficient (Wildman–Crippen LogP) is 0.865. The molecule has 0 N–H and O–H groups in total. The van der Waals surface area contributed by atoms with Crippen molar-refractivity contribution in [1.29, 1.82) is 0 Å². The average molecular weight is 114 g/mol. The minimum Gasteiger partial charge on any atom is -0.326 e. The molecular formula is C2N3OS. The zero-order chi connectivity index (χ0) is 4.69. The molecule has 0 unspecified atom stereocenters. The third-order valence-electron chi connectivity index (χ3n) is 0.584. The van der Waals surface area contributed by atoms with E-state index in [0.29, 0.717) is 5.88 Å². The lowest BCUT2D eigenvalue weighted by molar-refractivity contribution is 0.0133. The van der Waals surface area contributed by atoms with Crippen LogP contribution < -0.4 is 0 Å². The number of hydrogen-bond donors (Lipinski definition) is 0. The summed E-state index contributed by atoms with van der Waals surface area (Å²) in [4.78, 5) is 4.74. The molecule has 0 saturated carbocycles. The van der Waals surface area contributed by atoms with Gasteiger partial charge in [0.25, 0.3) is 5.88 Å². The number of hydrogen-bond acceptors (Lipinski definition) is 5. The summed E-state index contributed by atoms with van der Waals surface area (Å²) in [5.74, 6) is 0.463. The van der Waals surface area contributed by atoms with Gasteiger partial charge in [-0.25, -0.2) is 0 Å². The molecule has 0 fully saturated rings. The first-order valence-electron chi connectivity index (χ1n) is 1.65. The van der Waals surface area contributed by atoms with Crippen LogP contribution in [0, 0.1) is 5.41 Å². The Kier molecular flexibility index (Phi) is 0.435. The number of nitrogens with zero attached hydrogens (tertiary/aromatic N) is 3. The monoisotopic (exact) mass is 114 g/mol. The van der Waals surface area contributed by atoms with Gasteiger partial charge in [-0.1, -0.05) is 5.11 Å². The van der Waals surface area contributed by atoms with Gasteiger partial charge in [0.2, 0.25) is 0 Å². The Bertz CT molecular complexity index is 153. The van der Waals surface area contributed by atoms with E-state index < -0.39 is 0 Å². The minimum atomic E-state index is 0.463. The molecule has 2 heterocycles. The molecule has 7 heavy (non-hydrogen) atoms. The maximum Gasteiger partial charge on any atom is 0.287 e. The van der Waals surface area contributed by atoms with E-state index in [1.807, 2.05) is 0 Å². The predicted molar refractivity (Wildman–Crippen MR) is 22.1 cm³/mol. The van der Waals surface area contributed by atoms with Gasteiger partial charge in [0.1, 0.15) is 5.41 Å². The van der Waals surface area contributed by atoms with Crippen molar-refractivity contribution < 1.29 is 4.84 Å². The summed E-state index contributed by atoms with van der Waals surface area (Å²) in [5.41, 5.74) is 0. The van der Waals surface area contributed by atoms with Crippen LogP contribution in [0.1, 0.15) is 0 Å². The summed E-state index contributed by atoms with van der Waals surface area (Å²) in [7, 11) is 0. The van der Waals surface area contributed by atoms with Crippen LogP contribution in [0.25, 0.3) is 0 Å². The van der Waals surface area contributed by atoms with E-state index in [-0.39, 0.29) is 0 Å². The van der Waals surface area contributed by atoms with E-state index >= 15 is 0 Å². The maximum atomic E-state index is 4.74. The first-order chi connectivity index (χ1) is 3.45. The molecule has 5 heteroatoms. The molecule has 0 spiro atoms. The lowest BCUT2D eigenvalue weighted by atomic mass is 11.0. The van der Waals surface area contributed by atoms with E-state index in [9.17, 15) is 0 Å². The maximum absolute atomic E-state index is 4.74. The summed E-state index contributed by atoms with van der Waals surface area (Å²) in [6.45, 7) is 0. The Morgan fingerprint density at radius 1 is 1.86 bits per heavy atom. The van der Waals surface area contributed by atoms with Crippen LogP contribution in [-0.2, 0) is 4.84 Å². The summed E-state index contributed by atoms with van der Waals surface area (Å²) >= 11 is 1.26. The van der Waals surface area contributed by atoms with Gasteiger partial charge in [-0.3, -0.25) is 0 Å². The molecule has 0 amide bonds. The molecule has 4 nitrogen and oxygen atoms in total. The molecule has 2 aliphatic heterocycles. The quantitative estimate of drug-likeness (QED) is 0.438. The van der Waals surface area contributed by atoms with Crippen molar-refractivity contribution in [1.82, 2.24) is 4.58 Å². The fraction of sp³-hybridized carbons (Fsp3) is 0. The van der Waals surface area contributed by atoms with Crippen LogP contribution in [0.2, 0.25) is 0 Å².